The number of hydrogen-bond acceptors (Lipinski definition) is 7. The monoisotopic (exact) mass is 420 g/mol. The van der Waals surface area contributed by atoms with Crippen molar-refractivity contribution in [2.45, 2.75) is 32.2 Å². The van der Waals surface area contributed by atoms with Gasteiger partial charge < -0.3 is 15.6 Å². The fourth-order valence-corrected chi connectivity index (χ4v) is 3.22. The Bertz CT molecular complexity index is 1140. The van der Waals surface area contributed by atoms with Crippen LogP contribution in [-0.2, 0) is 11.3 Å². The highest BCUT2D eigenvalue weighted by molar-refractivity contribution is 5.90. The largest absolute Gasteiger partial charge is 0.346 e. The van der Waals surface area contributed by atoms with E-state index in [0.29, 0.717) is 18.2 Å². The maximum absolute atomic E-state index is 11.0. The Morgan fingerprint density at radius 1 is 1.03 bits per heavy atom. The molecule has 0 saturated carbocycles. The van der Waals surface area contributed by atoms with Crippen molar-refractivity contribution in [3.8, 4) is 0 Å². The smallest absolute Gasteiger partial charge is 0.243 e. The van der Waals surface area contributed by atoms with E-state index in [-0.39, 0.29) is 5.91 Å². The fourth-order valence-electron chi connectivity index (χ4n) is 3.22. The fraction of sp³-hybridized carbons (Fsp3) is 0.238. The molecule has 1 aromatic carbocycles. The molecule has 0 spiro atoms. The zero-order valence-corrected chi connectivity index (χ0v) is 16.9. The van der Waals surface area contributed by atoms with Crippen molar-refractivity contribution in [3.05, 3.63) is 55.0 Å². The molecule has 0 aliphatic heterocycles. The summed E-state index contributed by atoms with van der Waals surface area (Å²) in [7, 11) is 0. The van der Waals surface area contributed by atoms with Crippen molar-refractivity contribution in [2.75, 3.05) is 10.6 Å². The molecule has 5 N–H and O–H groups in total. The molecule has 3 heterocycles. The van der Waals surface area contributed by atoms with Crippen LogP contribution in [0.15, 0.2) is 55.0 Å². The standard InChI is InChI=1S/C21H24N8O2/c30-18(28-31)9-5-2-6-12-29-14-16(13-23-29)25-21-26-19-17(10-11-22-19)20(27-21)24-15-7-3-1-4-8-15/h1,3-4,7-8,10-11,13-14,31H,2,5-6,9,12H2,(H,28,30)(H3,22,24,25,26,27). The minimum Gasteiger partial charge on any atom is -0.346 e. The lowest BCUT2D eigenvalue weighted by Crippen LogP contribution is -2.17. The Morgan fingerprint density at radius 2 is 1.90 bits per heavy atom. The van der Waals surface area contributed by atoms with Crippen LogP contribution in [0.5, 0.6) is 0 Å². The van der Waals surface area contributed by atoms with Crippen LogP contribution in [0.1, 0.15) is 25.7 Å². The van der Waals surface area contributed by atoms with E-state index in [1.165, 1.54) is 0 Å². The van der Waals surface area contributed by atoms with Gasteiger partial charge in [0.2, 0.25) is 11.9 Å². The number of nitrogens with one attached hydrogen (secondary N) is 4. The van der Waals surface area contributed by atoms with Gasteiger partial charge in [0.25, 0.3) is 0 Å². The van der Waals surface area contributed by atoms with Crippen LogP contribution in [0.4, 0.5) is 23.1 Å². The molecule has 3 aromatic heterocycles. The summed E-state index contributed by atoms with van der Waals surface area (Å²) in [4.78, 5) is 23.3. The number of amides is 1. The number of carbonyl (C=O) groups is 1. The van der Waals surface area contributed by atoms with Crippen LogP contribution in [-0.4, -0.2) is 35.8 Å². The zero-order valence-electron chi connectivity index (χ0n) is 16.9. The zero-order chi connectivity index (χ0) is 21.5. The second kappa shape index (κ2) is 9.72. The average Bonchev–Trinajstić information content (AvgIpc) is 3.43. The summed E-state index contributed by atoms with van der Waals surface area (Å²) in [6, 6.07) is 11.8. The van der Waals surface area contributed by atoms with Crippen molar-refractivity contribution in [1.82, 2.24) is 30.2 Å². The quantitative estimate of drug-likeness (QED) is 0.150. The van der Waals surface area contributed by atoms with E-state index < -0.39 is 0 Å². The third kappa shape index (κ3) is 5.37. The molecule has 1 amide bonds. The number of hydroxylamine groups is 1. The number of aryl methyl sites for hydroxylation is 1. The van der Waals surface area contributed by atoms with Gasteiger partial charge in [-0.2, -0.15) is 15.1 Å². The van der Waals surface area contributed by atoms with Crippen molar-refractivity contribution in [1.29, 1.82) is 0 Å². The van der Waals surface area contributed by atoms with Gasteiger partial charge in [-0.1, -0.05) is 24.6 Å². The Morgan fingerprint density at radius 3 is 2.74 bits per heavy atom. The molecule has 0 saturated heterocycles. The summed E-state index contributed by atoms with van der Waals surface area (Å²) in [6.45, 7) is 0.736. The summed E-state index contributed by atoms with van der Waals surface area (Å²) in [5, 5.41) is 20.3. The molecule has 10 heteroatoms. The number of benzene rings is 1. The molecular weight excluding hydrogens is 396 g/mol. The lowest BCUT2D eigenvalue weighted by molar-refractivity contribution is -0.129. The third-order valence-electron chi connectivity index (χ3n) is 4.76. The minimum absolute atomic E-state index is 0.320. The van der Waals surface area contributed by atoms with Gasteiger partial charge in [0.05, 0.1) is 17.3 Å². The molecule has 0 fully saturated rings. The summed E-state index contributed by atoms with van der Waals surface area (Å²) in [5.74, 6) is 0.813. The van der Waals surface area contributed by atoms with E-state index >= 15 is 0 Å². The van der Waals surface area contributed by atoms with Gasteiger partial charge in [-0.3, -0.25) is 14.7 Å². The van der Waals surface area contributed by atoms with Gasteiger partial charge in [-0.15, -0.1) is 0 Å². The molecule has 4 aromatic rings. The predicted octanol–water partition coefficient (Wildman–Crippen LogP) is 3.71. The number of anilines is 4. The maximum Gasteiger partial charge on any atom is 0.243 e. The first-order valence-corrected chi connectivity index (χ1v) is 10.1. The predicted molar refractivity (Wildman–Crippen MR) is 118 cm³/mol. The number of hydrogen-bond donors (Lipinski definition) is 5. The maximum atomic E-state index is 11.0. The minimum atomic E-state index is -0.356. The van der Waals surface area contributed by atoms with Crippen LogP contribution in [0.25, 0.3) is 11.0 Å². The van der Waals surface area contributed by atoms with Gasteiger partial charge in [0.1, 0.15) is 11.5 Å². The molecule has 160 valence electrons. The number of carbonyl (C=O) groups excluding carboxylic acids is 1. The number of unbranched alkanes of at least 4 members (excludes halogenated alkanes) is 2. The molecular formula is C21H24N8O2. The summed E-state index contributed by atoms with van der Waals surface area (Å²) < 4.78 is 1.84. The van der Waals surface area contributed by atoms with Crippen LogP contribution in [0, 0.1) is 0 Å². The van der Waals surface area contributed by atoms with Crippen LogP contribution in [0.2, 0.25) is 0 Å². The average molecular weight is 420 g/mol. The van der Waals surface area contributed by atoms with E-state index in [4.69, 9.17) is 5.21 Å². The van der Waals surface area contributed by atoms with Gasteiger partial charge in [-0.05, 0) is 31.0 Å². The number of fused-ring (bicyclic) bond motifs is 1. The number of rotatable bonds is 10. The lowest BCUT2D eigenvalue weighted by Gasteiger charge is -2.09. The first-order valence-electron chi connectivity index (χ1n) is 10.1. The van der Waals surface area contributed by atoms with E-state index in [1.807, 2.05) is 53.5 Å². The second-order valence-corrected chi connectivity index (χ2v) is 7.09. The number of aromatic nitrogens is 5. The summed E-state index contributed by atoms with van der Waals surface area (Å²) in [6.07, 6.45) is 8.26. The van der Waals surface area contributed by atoms with Gasteiger partial charge in [0, 0.05) is 31.0 Å². The Hall–Kier alpha value is -3.92. The van der Waals surface area contributed by atoms with Crippen molar-refractivity contribution in [2.24, 2.45) is 0 Å². The van der Waals surface area contributed by atoms with Gasteiger partial charge in [0.15, 0.2) is 0 Å². The SMILES string of the molecule is O=C(CCCCCn1cc(Nc2nc(Nc3ccccc3)c3cc[nH]c3n2)cn1)NO. The van der Waals surface area contributed by atoms with Crippen molar-refractivity contribution < 1.29 is 10.0 Å². The summed E-state index contributed by atoms with van der Waals surface area (Å²) in [5.41, 5.74) is 4.11. The molecule has 0 aliphatic carbocycles. The third-order valence-corrected chi connectivity index (χ3v) is 4.76. The van der Waals surface area contributed by atoms with E-state index in [2.05, 4.69) is 30.7 Å². The first kappa shape index (κ1) is 20.4. The molecule has 4 rings (SSSR count). The molecule has 10 nitrogen and oxygen atoms in total. The number of H-pyrrole nitrogens is 1. The highest BCUT2D eigenvalue weighted by Gasteiger charge is 2.10. The molecule has 0 bridgehead atoms. The molecule has 0 unspecified atom stereocenters. The molecule has 0 radical (unpaired) electrons. The Balaban J connectivity index is 1.39. The lowest BCUT2D eigenvalue weighted by atomic mass is 10.2. The van der Waals surface area contributed by atoms with E-state index in [9.17, 15) is 4.79 Å². The number of para-hydroxylation sites is 1. The molecule has 31 heavy (non-hydrogen) atoms. The van der Waals surface area contributed by atoms with Crippen LogP contribution in [0.3, 0.4) is 0 Å². The normalized spacial score (nSPS) is 10.9. The van der Waals surface area contributed by atoms with Crippen LogP contribution < -0.4 is 16.1 Å². The number of nitrogens with zero attached hydrogens (tertiary/aromatic N) is 4. The van der Waals surface area contributed by atoms with E-state index in [1.54, 1.807) is 11.7 Å². The van der Waals surface area contributed by atoms with Gasteiger partial charge in [-0.25, -0.2) is 5.48 Å². The molecule has 0 aliphatic rings. The summed E-state index contributed by atoms with van der Waals surface area (Å²) >= 11 is 0. The second-order valence-electron chi connectivity index (χ2n) is 7.09. The Labute approximate surface area is 178 Å². The molecule has 0 atom stereocenters. The van der Waals surface area contributed by atoms with Gasteiger partial charge >= 0.3 is 0 Å². The van der Waals surface area contributed by atoms with Crippen molar-refractivity contribution in [3.63, 3.8) is 0 Å². The Kier molecular flexibility index (Phi) is 6.38. The first-order chi connectivity index (χ1) is 15.2. The van der Waals surface area contributed by atoms with Crippen molar-refractivity contribution >= 4 is 40.1 Å². The highest BCUT2D eigenvalue weighted by Crippen LogP contribution is 2.25. The highest BCUT2D eigenvalue weighted by atomic mass is 16.5. The van der Waals surface area contributed by atoms with Crippen LogP contribution >= 0.6 is 0 Å². The number of aromatic amines is 1. The topological polar surface area (TPSA) is 133 Å². The van der Waals surface area contributed by atoms with E-state index in [0.717, 1.165) is 48.2 Å².